The first-order valence-corrected chi connectivity index (χ1v) is 7.08. The third kappa shape index (κ3) is 2.49. The van der Waals surface area contributed by atoms with Crippen molar-refractivity contribution in [1.29, 1.82) is 0 Å². The number of carbonyl (C=O) groups excluding carboxylic acids is 1. The Hall–Kier alpha value is -1.36. The van der Waals surface area contributed by atoms with Crippen molar-refractivity contribution in [1.82, 2.24) is 5.32 Å². The number of hydrogen-bond acceptors (Lipinski definition) is 2. The van der Waals surface area contributed by atoms with Crippen LogP contribution in [0.25, 0.3) is 0 Å². The molecule has 0 saturated heterocycles. The van der Waals surface area contributed by atoms with E-state index in [2.05, 4.69) is 5.32 Å². The first kappa shape index (κ1) is 12.1. The molecule has 0 bridgehead atoms. The smallest absolute Gasteiger partial charge is 0.321 e. The summed E-state index contributed by atoms with van der Waals surface area (Å²) in [5.41, 5.74) is 0.769. The van der Waals surface area contributed by atoms with Crippen LogP contribution in [-0.4, -0.2) is 29.1 Å². The summed E-state index contributed by atoms with van der Waals surface area (Å²) in [5.74, 6) is 0.510. The summed E-state index contributed by atoms with van der Waals surface area (Å²) < 4.78 is 11.8. The number of nitrogens with one attached hydrogen (secondary N) is 1. The van der Waals surface area contributed by atoms with Gasteiger partial charge in [0.15, 0.2) is 0 Å². The molecule has 0 saturated carbocycles. The predicted octanol–water partition coefficient (Wildman–Crippen LogP) is 1.73. The van der Waals surface area contributed by atoms with Gasteiger partial charge in [-0.25, -0.2) is 4.79 Å². The van der Waals surface area contributed by atoms with Crippen LogP contribution in [0.1, 0.15) is 13.3 Å². The van der Waals surface area contributed by atoms with E-state index >= 15 is 0 Å². The Kier molecular flexibility index (Phi) is 3.78. The van der Waals surface area contributed by atoms with Gasteiger partial charge in [-0.15, -0.1) is 0 Å². The van der Waals surface area contributed by atoms with Crippen molar-refractivity contribution in [3.05, 3.63) is 24.3 Å². The van der Waals surface area contributed by atoms with Crippen LogP contribution in [0.2, 0.25) is 0 Å². The first-order valence-electron chi connectivity index (χ1n) is 5.77. The fourth-order valence-electron chi connectivity index (χ4n) is 1.82. The Bertz CT molecular complexity index is 448. The van der Waals surface area contributed by atoms with Crippen molar-refractivity contribution in [2.45, 2.75) is 18.2 Å². The van der Waals surface area contributed by atoms with Crippen molar-refractivity contribution in [2.24, 2.45) is 0 Å². The Labute approximate surface area is 103 Å². The third-order valence-electron chi connectivity index (χ3n) is 2.67. The van der Waals surface area contributed by atoms with Gasteiger partial charge in [-0.3, -0.25) is 9.11 Å². The number of anilines is 1. The summed E-state index contributed by atoms with van der Waals surface area (Å²) in [4.78, 5) is 14.4. The van der Waals surface area contributed by atoms with Crippen LogP contribution in [0.3, 0.4) is 0 Å². The molecule has 5 heteroatoms. The van der Waals surface area contributed by atoms with E-state index in [1.54, 1.807) is 4.90 Å². The fourth-order valence-corrected chi connectivity index (χ4v) is 3.03. The number of carbonyl (C=O) groups is 1. The average molecular weight is 252 g/mol. The van der Waals surface area contributed by atoms with Crippen molar-refractivity contribution in [3.63, 3.8) is 0 Å². The summed E-state index contributed by atoms with van der Waals surface area (Å²) >= 11 is 0. The molecule has 0 aliphatic carbocycles. The van der Waals surface area contributed by atoms with Crippen LogP contribution < -0.4 is 10.2 Å². The van der Waals surface area contributed by atoms with Gasteiger partial charge in [0.25, 0.3) is 0 Å². The normalized spacial score (nSPS) is 18.6. The monoisotopic (exact) mass is 252 g/mol. The van der Waals surface area contributed by atoms with Gasteiger partial charge in [-0.1, -0.05) is 19.1 Å². The SMILES string of the molecule is CCCNC(=O)N1CCS(=O)c2ccccc21. The summed E-state index contributed by atoms with van der Waals surface area (Å²) in [5, 5.41) is 2.85. The molecular weight excluding hydrogens is 236 g/mol. The number of benzene rings is 1. The van der Waals surface area contributed by atoms with Gasteiger partial charge in [-0.05, 0) is 18.6 Å². The van der Waals surface area contributed by atoms with E-state index in [0.717, 1.165) is 17.0 Å². The van der Waals surface area contributed by atoms with E-state index in [1.165, 1.54) is 0 Å². The molecule has 2 amide bonds. The van der Waals surface area contributed by atoms with Gasteiger partial charge in [0.1, 0.15) is 0 Å². The third-order valence-corrected chi connectivity index (χ3v) is 4.06. The molecule has 1 atom stereocenters. The maximum absolute atomic E-state index is 11.9. The number of urea groups is 1. The topological polar surface area (TPSA) is 49.4 Å². The maximum Gasteiger partial charge on any atom is 0.321 e. The van der Waals surface area contributed by atoms with Gasteiger partial charge >= 0.3 is 6.03 Å². The largest absolute Gasteiger partial charge is 0.338 e. The van der Waals surface area contributed by atoms with Crippen molar-refractivity contribution in [2.75, 3.05) is 23.7 Å². The maximum atomic E-state index is 11.9. The zero-order valence-corrected chi connectivity index (χ0v) is 10.6. The summed E-state index contributed by atoms with van der Waals surface area (Å²) in [6, 6.07) is 7.28. The van der Waals surface area contributed by atoms with Crippen molar-refractivity contribution < 1.29 is 9.00 Å². The fraction of sp³-hybridized carbons (Fsp3) is 0.417. The summed E-state index contributed by atoms with van der Waals surface area (Å²) in [7, 11) is -0.980. The minimum absolute atomic E-state index is 0.101. The van der Waals surface area contributed by atoms with Gasteiger partial charge in [0.2, 0.25) is 0 Å². The van der Waals surface area contributed by atoms with Crippen molar-refractivity contribution in [3.8, 4) is 0 Å². The first-order chi connectivity index (χ1) is 8.24. The molecule has 92 valence electrons. The van der Waals surface area contributed by atoms with Crippen LogP contribution in [0.15, 0.2) is 29.2 Å². The predicted molar refractivity (Wildman–Crippen MR) is 68.8 cm³/mol. The quantitative estimate of drug-likeness (QED) is 0.871. The molecule has 1 aliphatic rings. The molecule has 0 aromatic heterocycles. The second-order valence-electron chi connectivity index (χ2n) is 3.90. The van der Waals surface area contributed by atoms with E-state index in [9.17, 15) is 9.00 Å². The standard InChI is InChI=1S/C12H16N2O2S/c1-2-7-13-12(15)14-8-9-17(16)11-6-4-3-5-10(11)14/h3-6H,2,7-9H2,1H3,(H,13,15). The Morgan fingerprint density at radius 1 is 1.47 bits per heavy atom. The minimum Gasteiger partial charge on any atom is -0.338 e. The minimum atomic E-state index is -0.980. The molecular formula is C12H16N2O2S. The van der Waals surface area contributed by atoms with Gasteiger partial charge in [0.05, 0.1) is 21.4 Å². The molecule has 1 aromatic rings. The lowest BCUT2D eigenvalue weighted by Crippen LogP contribution is -2.44. The molecule has 1 unspecified atom stereocenters. The molecule has 1 heterocycles. The molecule has 1 aromatic carbocycles. The number of rotatable bonds is 2. The second kappa shape index (κ2) is 5.31. The lowest BCUT2D eigenvalue weighted by atomic mass is 10.3. The molecule has 0 spiro atoms. The highest BCUT2D eigenvalue weighted by atomic mass is 32.2. The van der Waals surface area contributed by atoms with Crippen LogP contribution in [0.5, 0.6) is 0 Å². The second-order valence-corrected chi connectivity index (χ2v) is 5.44. The molecule has 4 nitrogen and oxygen atoms in total. The number of hydrogen-bond donors (Lipinski definition) is 1. The highest BCUT2D eigenvalue weighted by molar-refractivity contribution is 7.85. The van der Waals surface area contributed by atoms with E-state index in [4.69, 9.17) is 0 Å². The molecule has 1 aliphatic heterocycles. The molecule has 0 radical (unpaired) electrons. The van der Waals surface area contributed by atoms with Crippen molar-refractivity contribution >= 4 is 22.5 Å². The lowest BCUT2D eigenvalue weighted by Gasteiger charge is -2.28. The summed E-state index contributed by atoms with van der Waals surface area (Å²) in [6.45, 7) is 3.19. The summed E-state index contributed by atoms with van der Waals surface area (Å²) in [6.07, 6.45) is 0.910. The Morgan fingerprint density at radius 2 is 2.24 bits per heavy atom. The zero-order chi connectivity index (χ0) is 12.3. The molecule has 2 rings (SSSR count). The zero-order valence-electron chi connectivity index (χ0n) is 9.81. The number of para-hydroxylation sites is 1. The molecule has 0 fully saturated rings. The number of nitrogens with zero attached hydrogens (tertiary/aromatic N) is 1. The Balaban J connectivity index is 2.24. The van der Waals surface area contributed by atoms with Crippen LogP contribution in [0.4, 0.5) is 10.5 Å². The van der Waals surface area contributed by atoms with Crippen LogP contribution in [-0.2, 0) is 10.8 Å². The highest BCUT2D eigenvalue weighted by Gasteiger charge is 2.25. The van der Waals surface area contributed by atoms with Crippen LogP contribution >= 0.6 is 0 Å². The number of fused-ring (bicyclic) bond motifs is 1. The van der Waals surface area contributed by atoms with Gasteiger partial charge in [-0.2, -0.15) is 0 Å². The average Bonchev–Trinajstić information content (AvgIpc) is 2.37. The van der Waals surface area contributed by atoms with E-state index in [0.29, 0.717) is 18.8 Å². The highest BCUT2D eigenvalue weighted by Crippen LogP contribution is 2.27. The van der Waals surface area contributed by atoms with E-state index < -0.39 is 10.8 Å². The van der Waals surface area contributed by atoms with Gasteiger partial charge < -0.3 is 5.32 Å². The van der Waals surface area contributed by atoms with E-state index in [-0.39, 0.29) is 6.03 Å². The molecule has 1 N–H and O–H groups in total. The lowest BCUT2D eigenvalue weighted by molar-refractivity contribution is 0.246. The van der Waals surface area contributed by atoms with Gasteiger partial charge in [0, 0.05) is 18.8 Å². The number of amides is 2. The van der Waals surface area contributed by atoms with E-state index in [1.807, 2.05) is 31.2 Å². The van der Waals surface area contributed by atoms with Crippen LogP contribution in [0, 0.1) is 0 Å². The Morgan fingerprint density at radius 3 is 3.00 bits per heavy atom. The molecule has 17 heavy (non-hydrogen) atoms.